The van der Waals surface area contributed by atoms with Crippen molar-refractivity contribution in [2.24, 2.45) is 0 Å². The van der Waals surface area contributed by atoms with E-state index >= 15 is 0 Å². The van der Waals surface area contributed by atoms with Crippen LogP contribution in [0.1, 0.15) is 11.4 Å². The van der Waals surface area contributed by atoms with Gasteiger partial charge in [0.15, 0.2) is 11.6 Å². The normalized spacial score (nSPS) is 15.8. The van der Waals surface area contributed by atoms with Gasteiger partial charge in [0.05, 0.1) is 11.4 Å². The third-order valence-corrected chi connectivity index (χ3v) is 4.87. The molecule has 0 atom stereocenters. The Balaban J connectivity index is 1.27. The summed E-state index contributed by atoms with van der Waals surface area (Å²) in [5, 5.41) is 0. The van der Waals surface area contributed by atoms with Crippen molar-refractivity contribution in [1.82, 2.24) is 24.8 Å². The zero-order chi connectivity index (χ0) is 19.3. The molecule has 8 heteroatoms. The predicted molar refractivity (Wildman–Crippen MR) is 99.3 cm³/mol. The van der Waals surface area contributed by atoms with Crippen molar-refractivity contribution < 1.29 is 13.2 Å². The molecule has 0 unspecified atom stereocenters. The van der Waals surface area contributed by atoms with Crippen LogP contribution in [0.4, 0.5) is 8.78 Å². The standard InChI is InChI=1S/C20H21F2N5O/c21-18-2-1-15(11-19(18)22)20-25-17(14-28-20)13-27-9-7-26(8-10-27)6-3-16-12-23-4-5-24-16/h1-2,4-5,11-12,14H,3,6-10,13H2. The first-order valence-electron chi connectivity index (χ1n) is 9.27. The molecule has 0 bridgehead atoms. The van der Waals surface area contributed by atoms with Crippen molar-refractivity contribution in [1.29, 1.82) is 0 Å². The van der Waals surface area contributed by atoms with Crippen LogP contribution >= 0.6 is 0 Å². The average Bonchev–Trinajstić information content (AvgIpc) is 3.19. The molecule has 1 aliphatic rings. The molecule has 0 spiro atoms. The van der Waals surface area contributed by atoms with Crippen LogP contribution in [0.25, 0.3) is 11.5 Å². The first-order chi connectivity index (χ1) is 13.7. The highest BCUT2D eigenvalue weighted by atomic mass is 19.2. The molecule has 1 fully saturated rings. The summed E-state index contributed by atoms with van der Waals surface area (Å²) in [7, 11) is 0. The minimum absolute atomic E-state index is 0.302. The first kappa shape index (κ1) is 18.6. The lowest BCUT2D eigenvalue weighted by Gasteiger charge is -2.34. The van der Waals surface area contributed by atoms with Crippen molar-refractivity contribution >= 4 is 0 Å². The Morgan fingerprint density at radius 2 is 1.79 bits per heavy atom. The largest absolute Gasteiger partial charge is 0.444 e. The maximum absolute atomic E-state index is 13.4. The van der Waals surface area contributed by atoms with Gasteiger partial charge in [-0.05, 0) is 18.2 Å². The van der Waals surface area contributed by atoms with Crippen molar-refractivity contribution in [2.45, 2.75) is 13.0 Å². The number of piperazine rings is 1. The number of aromatic nitrogens is 3. The number of halogens is 2. The van der Waals surface area contributed by atoms with Gasteiger partial charge in [-0.2, -0.15) is 0 Å². The van der Waals surface area contributed by atoms with Gasteiger partial charge in [0.25, 0.3) is 0 Å². The third kappa shape index (κ3) is 4.58. The molecule has 3 heterocycles. The highest BCUT2D eigenvalue weighted by molar-refractivity contribution is 5.53. The molecule has 1 aliphatic heterocycles. The molecule has 0 radical (unpaired) electrons. The fourth-order valence-corrected chi connectivity index (χ4v) is 3.27. The summed E-state index contributed by atoms with van der Waals surface area (Å²) in [5.74, 6) is -1.49. The Morgan fingerprint density at radius 3 is 2.54 bits per heavy atom. The second-order valence-electron chi connectivity index (χ2n) is 6.84. The summed E-state index contributed by atoms with van der Waals surface area (Å²) >= 11 is 0. The lowest BCUT2D eigenvalue weighted by atomic mass is 10.2. The van der Waals surface area contributed by atoms with Gasteiger partial charge in [0, 0.05) is 69.8 Å². The van der Waals surface area contributed by atoms with Gasteiger partial charge < -0.3 is 9.32 Å². The topological polar surface area (TPSA) is 58.3 Å². The van der Waals surface area contributed by atoms with Gasteiger partial charge in [-0.1, -0.05) is 0 Å². The van der Waals surface area contributed by atoms with Crippen LogP contribution in [0.15, 0.2) is 47.5 Å². The van der Waals surface area contributed by atoms with E-state index in [9.17, 15) is 8.78 Å². The van der Waals surface area contributed by atoms with E-state index in [1.165, 1.54) is 6.07 Å². The zero-order valence-corrected chi connectivity index (χ0v) is 15.4. The Labute approximate surface area is 161 Å². The number of oxazole rings is 1. The molecule has 146 valence electrons. The van der Waals surface area contributed by atoms with E-state index in [2.05, 4.69) is 24.8 Å². The second kappa shape index (κ2) is 8.53. The summed E-state index contributed by atoms with van der Waals surface area (Å²) < 4.78 is 31.9. The van der Waals surface area contributed by atoms with Crippen molar-refractivity contribution in [3.63, 3.8) is 0 Å². The van der Waals surface area contributed by atoms with Crippen LogP contribution in [0.2, 0.25) is 0 Å². The second-order valence-corrected chi connectivity index (χ2v) is 6.84. The maximum Gasteiger partial charge on any atom is 0.226 e. The molecule has 0 saturated carbocycles. The maximum atomic E-state index is 13.4. The van der Waals surface area contributed by atoms with Gasteiger partial charge in [-0.25, -0.2) is 13.8 Å². The first-order valence-corrected chi connectivity index (χ1v) is 9.27. The number of nitrogens with zero attached hydrogens (tertiary/aromatic N) is 5. The lowest BCUT2D eigenvalue weighted by molar-refractivity contribution is 0.127. The van der Waals surface area contributed by atoms with Crippen LogP contribution in [0.3, 0.4) is 0 Å². The van der Waals surface area contributed by atoms with Crippen LogP contribution < -0.4 is 0 Å². The van der Waals surface area contributed by atoms with Crippen LogP contribution in [0.5, 0.6) is 0 Å². The van der Waals surface area contributed by atoms with E-state index in [1.807, 2.05) is 6.20 Å². The number of rotatable bonds is 6. The Kier molecular flexibility index (Phi) is 5.68. The minimum Gasteiger partial charge on any atom is -0.444 e. The summed E-state index contributed by atoms with van der Waals surface area (Å²) in [6, 6.07) is 3.64. The summed E-state index contributed by atoms with van der Waals surface area (Å²) in [6.07, 6.45) is 7.70. The molecular formula is C20H21F2N5O. The van der Waals surface area contributed by atoms with E-state index in [0.717, 1.165) is 62.7 Å². The molecule has 0 amide bonds. The molecule has 1 saturated heterocycles. The monoisotopic (exact) mass is 385 g/mol. The zero-order valence-electron chi connectivity index (χ0n) is 15.4. The van der Waals surface area contributed by atoms with Gasteiger partial charge in [-0.15, -0.1) is 0 Å². The highest BCUT2D eigenvalue weighted by Gasteiger charge is 2.18. The van der Waals surface area contributed by atoms with Crippen LogP contribution in [0, 0.1) is 11.6 Å². The Hall–Kier alpha value is -2.71. The van der Waals surface area contributed by atoms with E-state index < -0.39 is 11.6 Å². The average molecular weight is 385 g/mol. The molecule has 1 aromatic carbocycles. The fraction of sp³-hybridized carbons (Fsp3) is 0.350. The van der Waals surface area contributed by atoms with Crippen molar-refractivity contribution in [3.05, 3.63) is 66.1 Å². The molecule has 4 rings (SSSR count). The minimum atomic E-state index is -0.908. The molecule has 3 aromatic rings. The SMILES string of the molecule is Fc1ccc(-c2nc(CN3CCN(CCc4cnccn4)CC3)co2)cc1F. The lowest BCUT2D eigenvalue weighted by Crippen LogP contribution is -2.46. The smallest absolute Gasteiger partial charge is 0.226 e. The molecule has 28 heavy (non-hydrogen) atoms. The van der Waals surface area contributed by atoms with Crippen LogP contribution in [-0.2, 0) is 13.0 Å². The molecule has 0 N–H and O–H groups in total. The van der Waals surface area contributed by atoms with Gasteiger partial charge in [-0.3, -0.25) is 14.9 Å². The van der Waals surface area contributed by atoms with Crippen LogP contribution in [-0.4, -0.2) is 57.5 Å². The Bertz CT molecular complexity index is 910. The molecule has 0 aliphatic carbocycles. The van der Waals surface area contributed by atoms with Crippen molar-refractivity contribution in [3.8, 4) is 11.5 Å². The van der Waals surface area contributed by atoms with Crippen molar-refractivity contribution in [2.75, 3.05) is 32.7 Å². The van der Waals surface area contributed by atoms with E-state index in [-0.39, 0.29) is 0 Å². The van der Waals surface area contributed by atoms with Gasteiger partial charge in [0.1, 0.15) is 6.26 Å². The number of hydrogen-bond acceptors (Lipinski definition) is 6. The quantitative estimate of drug-likeness (QED) is 0.650. The van der Waals surface area contributed by atoms with Gasteiger partial charge in [0.2, 0.25) is 5.89 Å². The number of benzene rings is 1. The molecular weight excluding hydrogens is 364 g/mol. The van der Waals surface area contributed by atoms with E-state index in [4.69, 9.17) is 4.42 Å². The fourth-order valence-electron chi connectivity index (χ4n) is 3.27. The molecule has 2 aromatic heterocycles. The summed E-state index contributed by atoms with van der Waals surface area (Å²) in [5.41, 5.74) is 2.23. The summed E-state index contributed by atoms with van der Waals surface area (Å²) in [4.78, 5) is 17.5. The van der Waals surface area contributed by atoms with E-state index in [1.54, 1.807) is 18.7 Å². The predicted octanol–water partition coefficient (Wildman–Crippen LogP) is 2.77. The highest BCUT2D eigenvalue weighted by Crippen LogP contribution is 2.21. The number of hydrogen-bond donors (Lipinski definition) is 0. The molecule has 6 nitrogen and oxygen atoms in total. The Morgan fingerprint density at radius 1 is 0.964 bits per heavy atom. The van der Waals surface area contributed by atoms with E-state index in [0.29, 0.717) is 18.0 Å². The summed E-state index contributed by atoms with van der Waals surface area (Å²) in [6.45, 7) is 5.48. The van der Waals surface area contributed by atoms with Gasteiger partial charge >= 0.3 is 0 Å². The third-order valence-electron chi connectivity index (χ3n) is 4.87.